The Labute approximate surface area is 196 Å². The molecule has 0 atom stereocenters. The van der Waals surface area contributed by atoms with Crippen molar-refractivity contribution in [2.45, 2.75) is 13.5 Å². The number of amides is 2. The van der Waals surface area contributed by atoms with Crippen LogP contribution in [0.1, 0.15) is 16.9 Å². The number of nitrogens with zero attached hydrogens (tertiary/aromatic N) is 2. The number of furan rings is 1. The summed E-state index contributed by atoms with van der Waals surface area (Å²) < 4.78 is 5.75. The lowest BCUT2D eigenvalue weighted by Crippen LogP contribution is -2.27. The molecule has 0 radical (unpaired) electrons. The van der Waals surface area contributed by atoms with Crippen LogP contribution in [0, 0.1) is 17.0 Å². The van der Waals surface area contributed by atoms with Gasteiger partial charge in [-0.3, -0.25) is 24.6 Å². The smallest absolute Gasteiger partial charge is 0.293 e. The second kappa shape index (κ2) is 8.82. The minimum absolute atomic E-state index is 0.0103. The van der Waals surface area contributed by atoms with E-state index in [1.165, 1.54) is 12.1 Å². The van der Waals surface area contributed by atoms with E-state index in [4.69, 9.17) is 27.6 Å². The molecule has 0 saturated carbocycles. The Hall–Kier alpha value is -3.07. The highest BCUT2D eigenvalue weighted by Crippen LogP contribution is 2.35. The molecule has 1 saturated heterocycles. The number of carbonyl (C=O) groups excluding carboxylic acids is 2. The number of rotatable bonds is 5. The van der Waals surface area contributed by atoms with E-state index in [1.54, 1.807) is 49.4 Å². The number of benzene rings is 2. The van der Waals surface area contributed by atoms with Gasteiger partial charge in [-0.2, -0.15) is 0 Å². The Balaban J connectivity index is 1.55. The molecule has 0 aliphatic carbocycles. The predicted octanol–water partition coefficient (Wildman–Crippen LogP) is 6.71. The van der Waals surface area contributed by atoms with E-state index < -0.39 is 16.1 Å². The third kappa shape index (κ3) is 4.43. The largest absolute Gasteiger partial charge is 0.457 e. The number of hydrogen-bond donors (Lipinski definition) is 0. The van der Waals surface area contributed by atoms with Crippen molar-refractivity contribution < 1.29 is 18.9 Å². The van der Waals surface area contributed by atoms with Gasteiger partial charge in [0.15, 0.2) is 0 Å². The Morgan fingerprint density at radius 1 is 1.09 bits per heavy atom. The summed E-state index contributed by atoms with van der Waals surface area (Å²) in [6, 6.07) is 13.0. The van der Waals surface area contributed by atoms with Gasteiger partial charge in [0.05, 0.1) is 26.4 Å². The molecular formula is C22H14Cl2N2O5S. The van der Waals surface area contributed by atoms with E-state index in [9.17, 15) is 19.7 Å². The molecule has 162 valence electrons. The molecule has 0 N–H and O–H groups in total. The molecule has 7 nitrogen and oxygen atoms in total. The third-order valence-corrected chi connectivity index (χ3v) is 6.44. The van der Waals surface area contributed by atoms with Gasteiger partial charge in [-0.1, -0.05) is 41.4 Å². The number of nitro benzene ring substituents is 1. The van der Waals surface area contributed by atoms with Gasteiger partial charge in [0, 0.05) is 23.3 Å². The normalized spacial score (nSPS) is 15.1. The highest BCUT2D eigenvalue weighted by atomic mass is 35.5. The Kier molecular flexibility index (Phi) is 6.10. The molecule has 4 rings (SSSR count). The number of aryl methyl sites for hydroxylation is 1. The van der Waals surface area contributed by atoms with Crippen LogP contribution in [-0.2, 0) is 11.3 Å². The van der Waals surface area contributed by atoms with Crippen LogP contribution in [-0.4, -0.2) is 21.0 Å². The first-order chi connectivity index (χ1) is 15.2. The van der Waals surface area contributed by atoms with Gasteiger partial charge >= 0.3 is 0 Å². The standard InChI is InChI=1S/C22H14Cl2N2O5S/c1-12-2-4-14(9-18(12)26(29)30)19-7-5-15(31-19)10-20-21(27)25(22(28)32-20)11-13-3-6-16(23)17(24)8-13/h2-10H,11H2,1H3/b20-10+. The van der Waals surface area contributed by atoms with Crippen molar-refractivity contribution in [2.75, 3.05) is 0 Å². The Bertz CT molecular complexity index is 1300. The number of halogens is 2. The number of nitro groups is 1. The van der Waals surface area contributed by atoms with Crippen molar-refractivity contribution >= 4 is 57.9 Å². The molecule has 2 amide bonds. The monoisotopic (exact) mass is 488 g/mol. The lowest BCUT2D eigenvalue weighted by Gasteiger charge is -2.12. The van der Waals surface area contributed by atoms with E-state index in [0.717, 1.165) is 16.7 Å². The molecule has 10 heteroatoms. The highest BCUT2D eigenvalue weighted by Gasteiger charge is 2.35. The molecule has 0 bridgehead atoms. The van der Waals surface area contributed by atoms with Crippen molar-refractivity contribution in [3.05, 3.63) is 90.5 Å². The maximum Gasteiger partial charge on any atom is 0.293 e. The fourth-order valence-electron chi connectivity index (χ4n) is 3.13. The number of carbonyl (C=O) groups is 2. The maximum absolute atomic E-state index is 12.8. The molecule has 1 aromatic heterocycles. The van der Waals surface area contributed by atoms with Crippen molar-refractivity contribution in [3.63, 3.8) is 0 Å². The van der Waals surface area contributed by atoms with Gasteiger partial charge in [-0.05, 0) is 48.5 Å². The van der Waals surface area contributed by atoms with Crippen LogP contribution in [0.25, 0.3) is 17.4 Å². The zero-order valence-corrected chi connectivity index (χ0v) is 18.8. The summed E-state index contributed by atoms with van der Waals surface area (Å²) >= 11 is 12.7. The molecular weight excluding hydrogens is 475 g/mol. The van der Waals surface area contributed by atoms with Crippen molar-refractivity contribution in [3.8, 4) is 11.3 Å². The van der Waals surface area contributed by atoms with E-state index in [1.807, 2.05) is 0 Å². The van der Waals surface area contributed by atoms with Crippen LogP contribution < -0.4 is 0 Å². The molecule has 1 fully saturated rings. The van der Waals surface area contributed by atoms with Crippen LogP contribution in [0.2, 0.25) is 10.0 Å². The Morgan fingerprint density at radius 2 is 1.88 bits per heavy atom. The van der Waals surface area contributed by atoms with E-state index in [2.05, 4.69) is 0 Å². The molecule has 0 unspecified atom stereocenters. The summed E-state index contributed by atoms with van der Waals surface area (Å²) in [6.45, 7) is 1.72. The minimum atomic E-state index is -0.452. The van der Waals surface area contributed by atoms with Crippen molar-refractivity contribution in [1.29, 1.82) is 0 Å². The number of hydrogen-bond acceptors (Lipinski definition) is 6. The van der Waals surface area contributed by atoms with Crippen molar-refractivity contribution in [1.82, 2.24) is 4.90 Å². The molecule has 2 heterocycles. The molecule has 2 aromatic carbocycles. The first-order valence-corrected chi connectivity index (χ1v) is 10.8. The van der Waals surface area contributed by atoms with Gasteiger partial charge < -0.3 is 4.42 Å². The fourth-order valence-corrected chi connectivity index (χ4v) is 4.27. The van der Waals surface area contributed by atoms with E-state index >= 15 is 0 Å². The second-order valence-electron chi connectivity index (χ2n) is 6.98. The summed E-state index contributed by atoms with van der Waals surface area (Å²) in [7, 11) is 0. The van der Waals surface area contributed by atoms with E-state index in [-0.39, 0.29) is 17.1 Å². The average Bonchev–Trinajstić information content (AvgIpc) is 3.31. The zero-order chi connectivity index (χ0) is 23.0. The van der Waals surface area contributed by atoms with Gasteiger partial charge in [0.25, 0.3) is 16.8 Å². The summed E-state index contributed by atoms with van der Waals surface area (Å²) in [5, 5.41) is 11.5. The van der Waals surface area contributed by atoms with Crippen LogP contribution in [0.15, 0.2) is 57.9 Å². The van der Waals surface area contributed by atoms with Crippen LogP contribution in [0.4, 0.5) is 10.5 Å². The van der Waals surface area contributed by atoms with Gasteiger partial charge in [0.2, 0.25) is 0 Å². The fraction of sp³-hybridized carbons (Fsp3) is 0.0909. The van der Waals surface area contributed by atoms with Gasteiger partial charge in [-0.25, -0.2) is 0 Å². The van der Waals surface area contributed by atoms with Crippen LogP contribution in [0.3, 0.4) is 0 Å². The minimum Gasteiger partial charge on any atom is -0.457 e. The predicted molar refractivity (Wildman–Crippen MR) is 124 cm³/mol. The van der Waals surface area contributed by atoms with Gasteiger partial charge in [-0.15, -0.1) is 0 Å². The van der Waals surface area contributed by atoms with Gasteiger partial charge in [0.1, 0.15) is 11.5 Å². The molecule has 1 aliphatic heterocycles. The third-order valence-electron chi connectivity index (χ3n) is 4.79. The topological polar surface area (TPSA) is 93.7 Å². The summed E-state index contributed by atoms with van der Waals surface area (Å²) in [4.78, 5) is 37.2. The summed E-state index contributed by atoms with van der Waals surface area (Å²) in [6.07, 6.45) is 1.48. The quantitative estimate of drug-likeness (QED) is 0.225. The summed E-state index contributed by atoms with van der Waals surface area (Å²) in [5.74, 6) is 0.313. The number of thioether (sulfide) groups is 1. The molecule has 1 aliphatic rings. The lowest BCUT2D eigenvalue weighted by molar-refractivity contribution is -0.385. The van der Waals surface area contributed by atoms with E-state index in [0.29, 0.717) is 38.3 Å². The second-order valence-corrected chi connectivity index (χ2v) is 8.78. The highest BCUT2D eigenvalue weighted by molar-refractivity contribution is 8.18. The molecule has 3 aromatic rings. The number of imide groups is 1. The zero-order valence-electron chi connectivity index (χ0n) is 16.5. The summed E-state index contributed by atoms with van der Waals surface area (Å²) in [5.41, 5.74) is 1.74. The van der Waals surface area contributed by atoms with Crippen molar-refractivity contribution in [2.24, 2.45) is 0 Å². The lowest BCUT2D eigenvalue weighted by atomic mass is 10.1. The first kappa shape index (κ1) is 22.1. The Morgan fingerprint density at radius 3 is 2.59 bits per heavy atom. The molecule has 0 spiro atoms. The maximum atomic E-state index is 12.8. The molecule has 32 heavy (non-hydrogen) atoms. The SMILES string of the molecule is Cc1ccc(-c2ccc(/C=C3/SC(=O)N(Cc4ccc(Cl)c(Cl)c4)C3=O)o2)cc1[N+](=O)[O-]. The van der Waals surface area contributed by atoms with Crippen LogP contribution >= 0.6 is 35.0 Å². The first-order valence-electron chi connectivity index (χ1n) is 9.27. The average molecular weight is 489 g/mol. The van der Waals surface area contributed by atoms with Crippen LogP contribution in [0.5, 0.6) is 0 Å².